The van der Waals surface area contributed by atoms with Crippen molar-refractivity contribution in [2.45, 2.75) is 38.7 Å². The fourth-order valence-electron chi connectivity index (χ4n) is 1.63. The molecule has 6 nitrogen and oxygen atoms in total. The largest absolute Gasteiger partial charge is 0.460 e. The van der Waals surface area contributed by atoms with Crippen molar-refractivity contribution in [2.75, 3.05) is 6.61 Å². The van der Waals surface area contributed by atoms with E-state index in [0.29, 0.717) is 11.9 Å². The van der Waals surface area contributed by atoms with Crippen LogP contribution in [-0.4, -0.2) is 41.3 Å². The Hall–Kier alpha value is -1.73. The molecule has 1 saturated heterocycles. The topological polar surface area (TPSA) is 85.0 Å². The van der Waals surface area contributed by atoms with Crippen LogP contribution in [0.2, 0.25) is 0 Å². The molecule has 0 spiro atoms. The van der Waals surface area contributed by atoms with E-state index in [4.69, 9.17) is 5.73 Å². The number of carbonyl (C=O) groups is 2. The molecule has 1 heterocycles. The average molecular weight is 263 g/mol. The first-order chi connectivity index (χ1) is 8.27. The van der Waals surface area contributed by atoms with Crippen LogP contribution in [-0.2, 0) is 14.3 Å². The summed E-state index contributed by atoms with van der Waals surface area (Å²) in [6, 6.07) is -1.38. The van der Waals surface area contributed by atoms with Crippen LogP contribution in [0.15, 0.2) is 5.10 Å². The number of hydrogen-bond acceptors (Lipinski definition) is 4. The highest BCUT2D eigenvalue weighted by atomic mass is 19.3. The summed E-state index contributed by atoms with van der Waals surface area (Å²) in [7, 11) is 0. The zero-order valence-corrected chi connectivity index (χ0v) is 10.2. The monoisotopic (exact) mass is 263 g/mol. The lowest BCUT2D eigenvalue weighted by Crippen LogP contribution is -2.42. The van der Waals surface area contributed by atoms with Gasteiger partial charge in [-0.15, -0.1) is 5.10 Å². The van der Waals surface area contributed by atoms with Crippen LogP contribution in [0.1, 0.15) is 26.7 Å². The van der Waals surface area contributed by atoms with Crippen molar-refractivity contribution in [3.05, 3.63) is 0 Å². The smallest absolute Gasteiger partial charge is 0.375 e. The van der Waals surface area contributed by atoms with Crippen molar-refractivity contribution < 1.29 is 23.1 Å². The van der Waals surface area contributed by atoms with Crippen LogP contribution >= 0.6 is 0 Å². The molecule has 1 aliphatic rings. The molecule has 8 heteroatoms. The second-order valence-corrected chi connectivity index (χ2v) is 3.95. The number of hydrogen-bond donors (Lipinski definition) is 1. The molecule has 2 N–H and O–H groups in total. The van der Waals surface area contributed by atoms with Gasteiger partial charge in [-0.2, -0.15) is 0 Å². The first-order valence-electron chi connectivity index (χ1n) is 5.48. The number of amidine groups is 1. The average Bonchev–Trinajstić information content (AvgIpc) is 2.60. The lowest BCUT2D eigenvalue weighted by molar-refractivity contribution is -0.136. The van der Waals surface area contributed by atoms with Gasteiger partial charge < -0.3 is 10.5 Å². The highest BCUT2D eigenvalue weighted by Gasteiger charge is 2.45. The normalized spacial score (nSPS) is 21.3. The van der Waals surface area contributed by atoms with Crippen LogP contribution < -0.4 is 5.73 Å². The van der Waals surface area contributed by atoms with E-state index in [1.807, 2.05) is 0 Å². The molecular weight excluding hydrogens is 248 g/mol. The predicted molar refractivity (Wildman–Crippen MR) is 58.7 cm³/mol. The van der Waals surface area contributed by atoms with Gasteiger partial charge >= 0.3 is 5.97 Å². The lowest BCUT2D eigenvalue weighted by Gasteiger charge is -2.25. The van der Waals surface area contributed by atoms with Gasteiger partial charge in [-0.1, -0.05) is 0 Å². The molecule has 1 atom stereocenters. The van der Waals surface area contributed by atoms with E-state index in [-0.39, 0.29) is 19.4 Å². The summed E-state index contributed by atoms with van der Waals surface area (Å²) in [6.45, 7) is 2.34. The number of amides is 1. The second-order valence-electron chi connectivity index (χ2n) is 3.95. The maximum absolute atomic E-state index is 13.2. The van der Waals surface area contributed by atoms with Gasteiger partial charge in [0.2, 0.25) is 11.7 Å². The Morgan fingerprint density at radius 1 is 1.67 bits per heavy atom. The molecule has 1 fully saturated rings. The second kappa shape index (κ2) is 5.28. The maximum atomic E-state index is 13.2. The van der Waals surface area contributed by atoms with Crippen LogP contribution in [0.3, 0.4) is 0 Å². The molecule has 1 aliphatic heterocycles. The molecule has 0 radical (unpaired) electrons. The van der Waals surface area contributed by atoms with Gasteiger partial charge in [0.05, 0.1) is 6.61 Å². The van der Waals surface area contributed by atoms with Crippen molar-refractivity contribution in [1.82, 2.24) is 5.01 Å². The van der Waals surface area contributed by atoms with Gasteiger partial charge in [0.25, 0.3) is 5.92 Å². The number of rotatable bonds is 3. The number of esters is 1. The molecule has 102 valence electrons. The summed E-state index contributed by atoms with van der Waals surface area (Å²) in [6.07, 6.45) is -0.0738. The Morgan fingerprint density at radius 3 is 2.78 bits per heavy atom. The maximum Gasteiger partial charge on any atom is 0.375 e. The number of ether oxygens (including phenoxy) is 1. The Bertz CT molecular complexity index is 379. The molecule has 1 unspecified atom stereocenters. The van der Waals surface area contributed by atoms with Gasteiger partial charge in [-0.05, 0) is 13.3 Å². The molecular formula is C10H15F2N3O3. The summed E-state index contributed by atoms with van der Waals surface area (Å²) >= 11 is 0. The summed E-state index contributed by atoms with van der Waals surface area (Å²) in [5.74, 6) is -5.24. The number of nitrogens with zero attached hydrogens (tertiary/aromatic N) is 2. The Morgan fingerprint density at radius 2 is 2.28 bits per heavy atom. The SMILES string of the molecule is CCOC(=O)C(N)=NN1C(=O)CCC1C(C)(F)F. The third kappa shape index (κ3) is 3.14. The number of alkyl halides is 2. The fourth-order valence-corrected chi connectivity index (χ4v) is 1.63. The molecule has 0 saturated carbocycles. The van der Waals surface area contributed by atoms with Gasteiger partial charge in [-0.25, -0.2) is 18.6 Å². The molecule has 18 heavy (non-hydrogen) atoms. The van der Waals surface area contributed by atoms with E-state index >= 15 is 0 Å². The predicted octanol–water partition coefficient (Wildman–Crippen LogP) is 0.468. The number of nitrogens with two attached hydrogens (primary N) is 1. The van der Waals surface area contributed by atoms with Crippen molar-refractivity contribution in [3.8, 4) is 0 Å². The molecule has 0 bridgehead atoms. The highest BCUT2D eigenvalue weighted by molar-refractivity contribution is 6.34. The molecule has 0 aromatic rings. The van der Waals surface area contributed by atoms with Gasteiger partial charge in [0.15, 0.2) is 0 Å². The molecule has 0 aromatic carbocycles. The lowest BCUT2D eigenvalue weighted by atomic mass is 10.1. The van der Waals surface area contributed by atoms with Gasteiger partial charge in [-0.3, -0.25) is 4.79 Å². The minimum absolute atomic E-state index is 0.0259. The minimum Gasteiger partial charge on any atom is -0.460 e. The summed E-state index contributed by atoms with van der Waals surface area (Å²) < 4.78 is 31.0. The molecule has 0 aromatic heterocycles. The van der Waals surface area contributed by atoms with Crippen molar-refractivity contribution in [3.63, 3.8) is 0 Å². The van der Waals surface area contributed by atoms with E-state index in [1.54, 1.807) is 6.92 Å². The first kappa shape index (κ1) is 14.3. The van der Waals surface area contributed by atoms with Crippen LogP contribution in [0.4, 0.5) is 8.78 Å². The van der Waals surface area contributed by atoms with Crippen LogP contribution in [0.25, 0.3) is 0 Å². The fraction of sp³-hybridized carbons (Fsp3) is 0.700. The van der Waals surface area contributed by atoms with Crippen LogP contribution in [0, 0.1) is 0 Å². The van der Waals surface area contributed by atoms with E-state index in [2.05, 4.69) is 9.84 Å². The van der Waals surface area contributed by atoms with Gasteiger partial charge in [0.1, 0.15) is 6.04 Å². The van der Waals surface area contributed by atoms with Gasteiger partial charge in [0, 0.05) is 13.3 Å². The zero-order chi connectivity index (χ0) is 13.9. The van der Waals surface area contributed by atoms with E-state index in [9.17, 15) is 18.4 Å². The summed E-state index contributed by atoms with van der Waals surface area (Å²) in [5, 5.41) is 4.02. The number of carbonyl (C=O) groups excluding carboxylic acids is 2. The standard InChI is InChI=1S/C10H15F2N3O3/c1-3-18-9(17)8(13)14-15-6(10(2,11)12)4-5-7(15)16/h6H,3-5H2,1-2H3,(H2,13,14). The number of halogens is 2. The van der Waals surface area contributed by atoms with Crippen molar-refractivity contribution in [1.29, 1.82) is 0 Å². The summed E-state index contributed by atoms with van der Waals surface area (Å²) in [4.78, 5) is 22.6. The highest BCUT2D eigenvalue weighted by Crippen LogP contribution is 2.31. The van der Waals surface area contributed by atoms with E-state index < -0.39 is 29.7 Å². The molecule has 1 rings (SSSR count). The Labute approximate surface area is 103 Å². The Balaban J connectivity index is 2.89. The first-order valence-corrected chi connectivity index (χ1v) is 5.48. The number of hydrazone groups is 1. The summed E-state index contributed by atoms with van der Waals surface area (Å²) in [5.41, 5.74) is 5.29. The Kier molecular flexibility index (Phi) is 4.20. The quantitative estimate of drug-likeness (QED) is 0.455. The molecule has 0 aliphatic carbocycles. The van der Waals surface area contributed by atoms with Crippen molar-refractivity contribution >= 4 is 17.7 Å². The van der Waals surface area contributed by atoms with Crippen LogP contribution in [0.5, 0.6) is 0 Å². The third-order valence-electron chi connectivity index (χ3n) is 2.47. The molecule has 1 amide bonds. The van der Waals surface area contributed by atoms with E-state index in [0.717, 1.165) is 0 Å². The third-order valence-corrected chi connectivity index (χ3v) is 2.47. The van der Waals surface area contributed by atoms with E-state index in [1.165, 1.54) is 0 Å². The zero-order valence-electron chi connectivity index (χ0n) is 10.2. The van der Waals surface area contributed by atoms with Crippen molar-refractivity contribution in [2.24, 2.45) is 10.8 Å². The minimum atomic E-state index is -3.11.